The molecule has 3 rings (SSSR count). The normalized spacial score (nSPS) is 24.3. The van der Waals surface area contributed by atoms with Crippen LogP contribution in [-0.2, 0) is 11.3 Å². The van der Waals surface area contributed by atoms with E-state index in [0.717, 1.165) is 31.5 Å². The SMILES string of the molecule is O=C(OCc1ccccc1)N1CCC2(CC1)CC2Br. The maximum absolute atomic E-state index is 12.0. The van der Waals surface area contributed by atoms with Gasteiger partial charge in [-0.2, -0.15) is 0 Å². The van der Waals surface area contributed by atoms with Gasteiger partial charge in [0.05, 0.1) is 0 Å². The minimum absolute atomic E-state index is 0.175. The maximum atomic E-state index is 12.0. The average molecular weight is 324 g/mol. The summed E-state index contributed by atoms with van der Waals surface area (Å²) in [6.07, 6.45) is 3.29. The van der Waals surface area contributed by atoms with Crippen LogP contribution in [0.15, 0.2) is 30.3 Å². The van der Waals surface area contributed by atoms with Gasteiger partial charge in [0, 0.05) is 17.9 Å². The molecule has 2 aliphatic rings. The van der Waals surface area contributed by atoms with Crippen LogP contribution in [0.2, 0.25) is 0 Å². The van der Waals surface area contributed by atoms with E-state index >= 15 is 0 Å². The lowest BCUT2D eigenvalue weighted by molar-refractivity contribution is 0.0801. The molecule has 0 aromatic heterocycles. The first-order valence-electron chi connectivity index (χ1n) is 6.79. The van der Waals surface area contributed by atoms with Crippen molar-refractivity contribution in [1.82, 2.24) is 4.90 Å². The van der Waals surface area contributed by atoms with Crippen LogP contribution in [0.3, 0.4) is 0 Å². The van der Waals surface area contributed by atoms with Crippen molar-refractivity contribution in [3.63, 3.8) is 0 Å². The van der Waals surface area contributed by atoms with E-state index in [1.54, 1.807) is 0 Å². The molecule has 1 atom stereocenters. The smallest absolute Gasteiger partial charge is 0.410 e. The molecule has 1 aromatic carbocycles. The van der Waals surface area contributed by atoms with Crippen LogP contribution in [0.1, 0.15) is 24.8 Å². The molecule has 0 N–H and O–H groups in total. The zero-order valence-electron chi connectivity index (χ0n) is 10.8. The molecule has 3 nitrogen and oxygen atoms in total. The molecule has 0 radical (unpaired) electrons. The van der Waals surface area contributed by atoms with Crippen molar-refractivity contribution in [3.05, 3.63) is 35.9 Å². The molecule has 19 heavy (non-hydrogen) atoms. The number of hydrogen-bond acceptors (Lipinski definition) is 2. The fourth-order valence-electron chi connectivity index (χ4n) is 2.76. The second kappa shape index (κ2) is 5.16. The van der Waals surface area contributed by atoms with Crippen LogP contribution in [0, 0.1) is 5.41 Å². The minimum Gasteiger partial charge on any atom is -0.445 e. The summed E-state index contributed by atoms with van der Waals surface area (Å²) in [5.41, 5.74) is 1.52. The summed E-state index contributed by atoms with van der Waals surface area (Å²) < 4.78 is 5.36. The largest absolute Gasteiger partial charge is 0.445 e. The van der Waals surface area contributed by atoms with E-state index in [2.05, 4.69) is 15.9 Å². The van der Waals surface area contributed by atoms with Gasteiger partial charge >= 0.3 is 6.09 Å². The highest BCUT2D eigenvalue weighted by Gasteiger charge is 2.53. The number of carbonyl (C=O) groups excluding carboxylic acids is 1. The number of rotatable bonds is 2. The monoisotopic (exact) mass is 323 g/mol. The van der Waals surface area contributed by atoms with E-state index in [-0.39, 0.29) is 6.09 Å². The summed E-state index contributed by atoms with van der Waals surface area (Å²) in [6, 6.07) is 9.81. The summed E-state index contributed by atoms with van der Waals surface area (Å²) in [5.74, 6) is 0. The van der Waals surface area contributed by atoms with Gasteiger partial charge in [-0.25, -0.2) is 4.79 Å². The number of nitrogens with zero attached hydrogens (tertiary/aromatic N) is 1. The Morgan fingerprint density at radius 2 is 1.95 bits per heavy atom. The number of carbonyl (C=O) groups is 1. The maximum Gasteiger partial charge on any atom is 0.410 e. The number of likely N-dealkylation sites (tertiary alicyclic amines) is 1. The third kappa shape index (κ3) is 2.78. The summed E-state index contributed by atoms with van der Waals surface area (Å²) in [4.78, 5) is 14.5. The number of halogens is 1. The Hall–Kier alpha value is -1.03. The van der Waals surface area contributed by atoms with E-state index in [0.29, 0.717) is 16.8 Å². The molecule has 1 aliphatic carbocycles. The molecule has 1 saturated carbocycles. The Kier molecular flexibility index (Phi) is 3.52. The zero-order chi connectivity index (χ0) is 13.3. The zero-order valence-corrected chi connectivity index (χ0v) is 12.4. The van der Waals surface area contributed by atoms with Crippen molar-refractivity contribution >= 4 is 22.0 Å². The lowest BCUT2D eigenvalue weighted by Crippen LogP contribution is -2.39. The summed E-state index contributed by atoms with van der Waals surface area (Å²) >= 11 is 3.68. The standard InChI is InChI=1S/C15H18BrNO2/c16-13-10-15(13)6-8-17(9-7-15)14(18)19-11-12-4-2-1-3-5-12/h1-5,13H,6-11H2. The predicted octanol–water partition coefficient (Wildman–Crippen LogP) is 3.57. The first-order valence-corrected chi connectivity index (χ1v) is 7.71. The molecule has 1 aliphatic heterocycles. The quantitative estimate of drug-likeness (QED) is 0.779. The summed E-state index contributed by atoms with van der Waals surface area (Å²) in [7, 11) is 0. The molecule has 0 bridgehead atoms. The Morgan fingerprint density at radius 1 is 1.32 bits per heavy atom. The summed E-state index contributed by atoms with van der Waals surface area (Å²) in [5, 5.41) is 0. The Bertz CT molecular complexity index is 454. The van der Waals surface area contributed by atoms with Gasteiger partial charge in [0.25, 0.3) is 0 Å². The molecule has 1 amide bonds. The molecular formula is C15H18BrNO2. The van der Waals surface area contributed by atoms with Crippen molar-refractivity contribution in [2.75, 3.05) is 13.1 Å². The predicted molar refractivity (Wildman–Crippen MR) is 77.2 cm³/mol. The molecule has 1 unspecified atom stereocenters. The minimum atomic E-state index is -0.175. The van der Waals surface area contributed by atoms with E-state index in [9.17, 15) is 4.79 Å². The Balaban J connectivity index is 1.46. The number of benzene rings is 1. The van der Waals surface area contributed by atoms with Gasteiger partial charge < -0.3 is 9.64 Å². The molecular weight excluding hydrogens is 306 g/mol. The van der Waals surface area contributed by atoms with Crippen molar-refractivity contribution in [3.8, 4) is 0 Å². The molecule has 1 saturated heterocycles. The van der Waals surface area contributed by atoms with E-state index < -0.39 is 0 Å². The van der Waals surface area contributed by atoms with Gasteiger partial charge in [-0.1, -0.05) is 46.3 Å². The fraction of sp³-hybridized carbons (Fsp3) is 0.533. The van der Waals surface area contributed by atoms with Crippen molar-refractivity contribution < 1.29 is 9.53 Å². The fourth-order valence-corrected chi connectivity index (χ4v) is 3.86. The van der Waals surface area contributed by atoms with Crippen LogP contribution < -0.4 is 0 Å². The number of alkyl halides is 1. The second-order valence-corrected chi connectivity index (χ2v) is 6.67. The lowest BCUT2D eigenvalue weighted by atomic mass is 9.94. The van der Waals surface area contributed by atoms with E-state index in [1.807, 2.05) is 35.2 Å². The molecule has 102 valence electrons. The number of piperidine rings is 1. The highest BCUT2D eigenvalue weighted by molar-refractivity contribution is 9.09. The van der Waals surface area contributed by atoms with Gasteiger partial charge in [-0.15, -0.1) is 0 Å². The van der Waals surface area contributed by atoms with Crippen molar-refractivity contribution in [2.45, 2.75) is 30.7 Å². The average Bonchev–Trinajstić information content (AvgIpc) is 3.07. The first-order chi connectivity index (χ1) is 9.20. The van der Waals surface area contributed by atoms with Gasteiger partial charge in [-0.3, -0.25) is 0 Å². The highest BCUT2D eigenvalue weighted by Crippen LogP contribution is 2.58. The third-order valence-corrected chi connectivity index (χ3v) is 5.61. The van der Waals surface area contributed by atoms with E-state index in [1.165, 1.54) is 6.42 Å². The second-order valence-electron chi connectivity index (χ2n) is 5.56. The van der Waals surface area contributed by atoms with Gasteiger partial charge in [0.2, 0.25) is 0 Å². The van der Waals surface area contributed by atoms with Crippen LogP contribution in [0.5, 0.6) is 0 Å². The van der Waals surface area contributed by atoms with Crippen LogP contribution in [-0.4, -0.2) is 28.9 Å². The molecule has 1 spiro atoms. The van der Waals surface area contributed by atoms with Gasteiger partial charge in [-0.05, 0) is 30.2 Å². The molecule has 2 fully saturated rings. The van der Waals surface area contributed by atoms with Crippen LogP contribution in [0.25, 0.3) is 0 Å². The lowest BCUT2D eigenvalue weighted by Gasteiger charge is -2.31. The first kappa shape index (κ1) is 13.0. The van der Waals surface area contributed by atoms with Crippen molar-refractivity contribution in [1.29, 1.82) is 0 Å². The molecule has 1 heterocycles. The van der Waals surface area contributed by atoms with Crippen LogP contribution in [0.4, 0.5) is 4.79 Å². The molecule has 1 aromatic rings. The molecule has 4 heteroatoms. The van der Waals surface area contributed by atoms with Crippen LogP contribution >= 0.6 is 15.9 Å². The number of ether oxygens (including phenoxy) is 1. The Labute approximate surface area is 122 Å². The number of hydrogen-bond donors (Lipinski definition) is 0. The third-order valence-electron chi connectivity index (χ3n) is 4.31. The summed E-state index contributed by atoms with van der Waals surface area (Å²) in [6.45, 7) is 2.02. The van der Waals surface area contributed by atoms with Crippen molar-refractivity contribution in [2.24, 2.45) is 5.41 Å². The van der Waals surface area contributed by atoms with Gasteiger partial charge in [0.15, 0.2) is 0 Å². The van der Waals surface area contributed by atoms with E-state index in [4.69, 9.17) is 4.74 Å². The highest BCUT2D eigenvalue weighted by atomic mass is 79.9. The van der Waals surface area contributed by atoms with Gasteiger partial charge in [0.1, 0.15) is 6.61 Å². The number of amides is 1. The topological polar surface area (TPSA) is 29.5 Å². The Morgan fingerprint density at radius 3 is 2.53 bits per heavy atom.